The Morgan fingerprint density at radius 3 is 2.72 bits per heavy atom. The summed E-state index contributed by atoms with van der Waals surface area (Å²) in [4.78, 5) is 6.13. The van der Waals surface area contributed by atoms with Gasteiger partial charge in [0, 0.05) is 30.6 Å². The monoisotopic (exact) mass is 263 g/mol. The van der Waals surface area contributed by atoms with Crippen LogP contribution in [0.25, 0.3) is 0 Å². The Hall–Kier alpha value is -1.94. The zero-order chi connectivity index (χ0) is 13.1. The van der Waals surface area contributed by atoms with E-state index in [4.69, 9.17) is 22.1 Å². The molecule has 1 aromatic heterocycles. The van der Waals surface area contributed by atoms with Gasteiger partial charge in [0.05, 0.1) is 7.11 Å². The first-order valence-electron chi connectivity index (χ1n) is 5.41. The van der Waals surface area contributed by atoms with Gasteiger partial charge in [-0.1, -0.05) is 17.7 Å². The molecule has 0 bridgehead atoms. The molecule has 0 aliphatic rings. The zero-order valence-corrected chi connectivity index (χ0v) is 11.0. The van der Waals surface area contributed by atoms with E-state index in [1.165, 1.54) is 0 Å². The summed E-state index contributed by atoms with van der Waals surface area (Å²) in [6, 6.07) is 11.1. The molecule has 1 heterocycles. The topological polar surface area (TPSA) is 51.4 Å². The van der Waals surface area contributed by atoms with Gasteiger partial charge in [-0.15, -0.1) is 0 Å². The highest BCUT2D eigenvalue weighted by Gasteiger charge is 2.08. The fourth-order valence-electron chi connectivity index (χ4n) is 1.63. The number of nitrogens with two attached hydrogens (primary N) is 1. The molecule has 0 atom stereocenters. The van der Waals surface area contributed by atoms with E-state index in [-0.39, 0.29) is 0 Å². The van der Waals surface area contributed by atoms with Gasteiger partial charge in [0.25, 0.3) is 0 Å². The fraction of sp³-hybridized carbons (Fsp3) is 0.154. The van der Waals surface area contributed by atoms with Crippen LogP contribution in [0, 0.1) is 0 Å². The molecule has 0 aliphatic carbocycles. The number of pyridine rings is 1. The minimum atomic E-state index is 0.375. The molecular weight excluding hydrogens is 250 g/mol. The van der Waals surface area contributed by atoms with Crippen LogP contribution < -0.4 is 15.4 Å². The number of nitrogens with zero attached hydrogens (tertiary/aromatic N) is 2. The van der Waals surface area contributed by atoms with E-state index in [1.807, 2.05) is 36.2 Å². The van der Waals surface area contributed by atoms with Crippen molar-refractivity contribution in [1.82, 2.24) is 4.98 Å². The lowest BCUT2D eigenvalue weighted by molar-refractivity contribution is 0.415. The van der Waals surface area contributed by atoms with Crippen molar-refractivity contribution >= 4 is 28.8 Å². The quantitative estimate of drug-likeness (QED) is 0.865. The number of halogens is 1. The number of anilines is 3. The Morgan fingerprint density at radius 2 is 2.06 bits per heavy atom. The Labute approximate surface area is 111 Å². The van der Waals surface area contributed by atoms with Crippen molar-refractivity contribution in [2.75, 3.05) is 24.8 Å². The third-order valence-corrected chi connectivity index (χ3v) is 2.78. The Kier molecular flexibility index (Phi) is 3.58. The van der Waals surface area contributed by atoms with Crippen LogP contribution in [-0.4, -0.2) is 19.1 Å². The van der Waals surface area contributed by atoms with Gasteiger partial charge < -0.3 is 15.4 Å². The average Bonchev–Trinajstić information content (AvgIpc) is 2.37. The van der Waals surface area contributed by atoms with Gasteiger partial charge >= 0.3 is 0 Å². The Bertz CT molecular complexity index is 539. The molecule has 0 fully saturated rings. The summed E-state index contributed by atoms with van der Waals surface area (Å²) < 4.78 is 5.19. The smallest absolute Gasteiger partial charge is 0.136 e. The van der Waals surface area contributed by atoms with Crippen LogP contribution in [0.3, 0.4) is 0 Å². The lowest BCUT2D eigenvalue weighted by Gasteiger charge is -2.19. The van der Waals surface area contributed by atoms with E-state index >= 15 is 0 Å². The first kappa shape index (κ1) is 12.5. The first-order valence-corrected chi connectivity index (χ1v) is 5.79. The van der Waals surface area contributed by atoms with Crippen molar-refractivity contribution in [2.45, 2.75) is 0 Å². The third-order valence-electron chi connectivity index (χ3n) is 2.59. The SMILES string of the molecule is COc1cccc(N(C)c2cc(N)cc(Cl)n2)c1. The van der Waals surface area contributed by atoms with Crippen LogP contribution in [0.2, 0.25) is 5.15 Å². The highest BCUT2D eigenvalue weighted by atomic mass is 35.5. The largest absolute Gasteiger partial charge is 0.497 e. The second-order valence-corrected chi connectivity index (χ2v) is 4.23. The number of ether oxygens (including phenoxy) is 1. The second kappa shape index (κ2) is 5.14. The maximum Gasteiger partial charge on any atom is 0.136 e. The lowest BCUT2D eigenvalue weighted by Crippen LogP contribution is -2.11. The van der Waals surface area contributed by atoms with Crippen molar-refractivity contribution in [3.63, 3.8) is 0 Å². The molecule has 0 aliphatic heterocycles. The maximum atomic E-state index is 5.90. The van der Waals surface area contributed by atoms with Gasteiger partial charge in [-0.25, -0.2) is 4.98 Å². The molecular formula is C13H14ClN3O. The molecule has 0 radical (unpaired) electrons. The summed E-state index contributed by atoms with van der Waals surface area (Å²) in [5.74, 6) is 1.47. The van der Waals surface area contributed by atoms with Gasteiger partial charge in [-0.2, -0.15) is 0 Å². The van der Waals surface area contributed by atoms with E-state index in [0.717, 1.165) is 11.4 Å². The van der Waals surface area contributed by atoms with Gasteiger partial charge in [0.1, 0.15) is 16.7 Å². The van der Waals surface area contributed by atoms with E-state index in [2.05, 4.69) is 4.98 Å². The number of benzene rings is 1. The molecule has 0 amide bonds. The second-order valence-electron chi connectivity index (χ2n) is 3.84. The van der Waals surface area contributed by atoms with E-state index < -0.39 is 0 Å². The predicted octanol–water partition coefficient (Wildman–Crippen LogP) is 3.09. The van der Waals surface area contributed by atoms with Crippen LogP contribution in [0.4, 0.5) is 17.2 Å². The van der Waals surface area contributed by atoms with Gasteiger partial charge in [0.2, 0.25) is 0 Å². The summed E-state index contributed by atoms with van der Waals surface area (Å²) in [5, 5.41) is 0.375. The Balaban J connectivity index is 2.37. The van der Waals surface area contributed by atoms with E-state index in [0.29, 0.717) is 16.7 Å². The molecule has 2 rings (SSSR count). The van der Waals surface area contributed by atoms with Crippen LogP contribution in [0.5, 0.6) is 5.75 Å². The predicted molar refractivity (Wildman–Crippen MR) is 74.7 cm³/mol. The summed E-state index contributed by atoms with van der Waals surface area (Å²) in [5.41, 5.74) is 7.29. The highest BCUT2D eigenvalue weighted by Crippen LogP contribution is 2.27. The van der Waals surface area contributed by atoms with E-state index in [9.17, 15) is 0 Å². The van der Waals surface area contributed by atoms with E-state index in [1.54, 1.807) is 19.2 Å². The molecule has 18 heavy (non-hydrogen) atoms. The minimum absolute atomic E-state index is 0.375. The van der Waals surface area contributed by atoms with Gasteiger partial charge in [-0.3, -0.25) is 0 Å². The van der Waals surface area contributed by atoms with Gasteiger partial charge in [0.15, 0.2) is 0 Å². The van der Waals surface area contributed by atoms with Gasteiger partial charge in [-0.05, 0) is 18.2 Å². The van der Waals surface area contributed by atoms with Crippen molar-refractivity contribution in [3.05, 3.63) is 41.6 Å². The molecule has 0 saturated carbocycles. The van der Waals surface area contributed by atoms with Crippen LogP contribution in [-0.2, 0) is 0 Å². The summed E-state index contributed by atoms with van der Waals surface area (Å²) in [6.07, 6.45) is 0. The molecule has 0 unspecified atom stereocenters. The number of hydrogen-bond acceptors (Lipinski definition) is 4. The summed E-state index contributed by atoms with van der Waals surface area (Å²) in [7, 11) is 3.53. The van der Waals surface area contributed by atoms with Crippen molar-refractivity contribution in [1.29, 1.82) is 0 Å². The number of aromatic nitrogens is 1. The molecule has 2 aromatic rings. The molecule has 1 aromatic carbocycles. The molecule has 2 N–H and O–H groups in total. The number of hydrogen-bond donors (Lipinski definition) is 1. The van der Waals surface area contributed by atoms with Crippen molar-refractivity contribution in [3.8, 4) is 5.75 Å². The van der Waals surface area contributed by atoms with Crippen LogP contribution in [0.15, 0.2) is 36.4 Å². The summed E-state index contributed by atoms with van der Waals surface area (Å²) >= 11 is 5.90. The Morgan fingerprint density at radius 1 is 1.28 bits per heavy atom. The third kappa shape index (κ3) is 2.65. The normalized spacial score (nSPS) is 10.2. The average molecular weight is 264 g/mol. The fourth-order valence-corrected chi connectivity index (χ4v) is 1.84. The molecule has 0 saturated heterocycles. The number of rotatable bonds is 3. The number of methoxy groups -OCH3 is 1. The van der Waals surface area contributed by atoms with Crippen molar-refractivity contribution in [2.24, 2.45) is 0 Å². The molecule has 5 heteroatoms. The molecule has 0 spiro atoms. The highest BCUT2D eigenvalue weighted by molar-refractivity contribution is 6.29. The minimum Gasteiger partial charge on any atom is -0.497 e. The standard InChI is InChI=1S/C13H14ClN3O/c1-17(10-4-3-5-11(8-10)18-2)13-7-9(15)6-12(14)16-13/h3-8H,1-2H3,(H2,15,16). The van der Waals surface area contributed by atoms with Crippen LogP contribution >= 0.6 is 11.6 Å². The first-order chi connectivity index (χ1) is 8.60. The lowest BCUT2D eigenvalue weighted by atomic mass is 10.2. The molecule has 94 valence electrons. The maximum absolute atomic E-state index is 5.90. The zero-order valence-electron chi connectivity index (χ0n) is 10.2. The number of nitrogen functional groups attached to an aromatic ring is 1. The molecule has 4 nitrogen and oxygen atoms in total. The van der Waals surface area contributed by atoms with Crippen molar-refractivity contribution < 1.29 is 4.74 Å². The summed E-state index contributed by atoms with van der Waals surface area (Å²) in [6.45, 7) is 0. The van der Waals surface area contributed by atoms with Crippen LogP contribution in [0.1, 0.15) is 0 Å².